The van der Waals surface area contributed by atoms with E-state index in [-0.39, 0.29) is 12.1 Å². The Morgan fingerprint density at radius 3 is 2.55 bits per heavy atom. The van der Waals surface area contributed by atoms with Gasteiger partial charge in [0.1, 0.15) is 6.61 Å². The summed E-state index contributed by atoms with van der Waals surface area (Å²) >= 11 is 0. The highest BCUT2D eigenvalue weighted by Crippen LogP contribution is 2.35. The number of hydrogen-bond donors (Lipinski definition) is 0. The minimum absolute atomic E-state index is 0.167. The molecule has 114 valence electrons. The Labute approximate surface area is 131 Å². The molecule has 1 amide bonds. The van der Waals surface area contributed by atoms with Gasteiger partial charge in [0.2, 0.25) is 0 Å². The topological polar surface area (TPSA) is 29.5 Å². The maximum atomic E-state index is 12.6. The molecule has 1 aliphatic heterocycles. The highest BCUT2D eigenvalue weighted by molar-refractivity contribution is 5.91. The Balaban J connectivity index is 1.77. The van der Waals surface area contributed by atoms with E-state index in [9.17, 15) is 4.79 Å². The lowest BCUT2D eigenvalue weighted by molar-refractivity contribution is 0.143. The largest absolute Gasteiger partial charge is 0.444 e. The fourth-order valence-electron chi connectivity index (χ4n) is 2.97. The van der Waals surface area contributed by atoms with E-state index >= 15 is 0 Å². The summed E-state index contributed by atoms with van der Waals surface area (Å²) in [6.45, 7) is 4.60. The summed E-state index contributed by atoms with van der Waals surface area (Å²) in [5, 5.41) is 0. The van der Waals surface area contributed by atoms with Crippen molar-refractivity contribution in [2.45, 2.75) is 32.9 Å². The van der Waals surface area contributed by atoms with Gasteiger partial charge in [-0.3, -0.25) is 4.90 Å². The molecular weight excluding hydrogens is 274 g/mol. The third kappa shape index (κ3) is 2.84. The van der Waals surface area contributed by atoms with Crippen molar-refractivity contribution in [3.05, 3.63) is 65.7 Å². The number of rotatable bonds is 3. The number of carbonyl (C=O) groups excluding carboxylic acids is 1. The van der Waals surface area contributed by atoms with E-state index in [0.29, 0.717) is 12.5 Å². The smallest absolute Gasteiger partial charge is 0.414 e. The zero-order valence-corrected chi connectivity index (χ0v) is 13.0. The number of anilines is 1. The number of ether oxygens (including phenoxy) is 1. The van der Waals surface area contributed by atoms with Crippen LogP contribution in [0, 0.1) is 5.92 Å². The van der Waals surface area contributed by atoms with Gasteiger partial charge in [-0.05, 0) is 29.5 Å². The van der Waals surface area contributed by atoms with Gasteiger partial charge >= 0.3 is 6.09 Å². The van der Waals surface area contributed by atoms with Gasteiger partial charge in [-0.15, -0.1) is 0 Å². The van der Waals surface area contributed by atoms with Crippen LogP contribution < -0.4 is 4.90 Å². The second kappa shape index (κ2) is 6.22. The van der Waals surface area contributed by atoms with E-state index in [1.165, 1.54) is 5.56 Å². The molecule has 3 rings (SSSR count). The highest BCUT2D eigenvalue weighted by Gasteiger charge is 2.36. The summed E-state index contributed by atoms with van der Waals surface area (Å²) < 4.78 is 5.54. The van der Waals surface area contributed by atoms with Crippen LogP contribution in [-0.4, -0.2) is 12.1 Å². The molecule has 0 saturated carbocycles. The van der Waals surface area contributed by atoms with Crippen LogP contribution in [0.3, 0.4) is 0 Å². The van der Waals surface area contributed by atoms with Crippen LogP contribution in [-0.2, 0) is 17.8 Å². The number of amides is 1. The number of nitrogens with zero attached hydrogens (tertiary/aromatic N) is 1. The van der Waals surface area contributed by atoms with Crippen LogP contribution in [0.4, 0.5) is 10.5 Å². The van der Waals surface area contributed by atoms with Crippen LogP contribution in [0.1, 0.15) is 25.0 Å². The van der Waals surface area contributed by atoms with Gasteiger partial charge in [-0.2, -0.15) is 0 Å². The molecule has 0 bridgehead atoms. The van der Waals surface area contributed by atoms with E-state index in [4.69, 9.17) is 4.74 Å². The Hall–Kier alpha value is -2.29. The molecule has 3 nitrogen and oxygen atoms in total. The number of fused-ring (bicyclic) bond motifs is 1. The Morgan fingerprint density at radius 1 is 1.14 bits per heavy atom. The van der Waals surface area contributed by atoms with Crippen LogP contribution >= 0.6 is 0 Å². The molecule has 0 fully saturated rings. The standard InChI is InChI=1S/C19H21NO2/c1-14(2)18-12-16-10-6-7-11-17(16)20(18)19(21)22-13-15-8-4-3-5-9-15/h3-11,14,18H,12-13H2,1-2H3. The van der Waals surface area contributed by atoms with E-state index in [0.717, 1.165) is 17.7 Å². The SMILES string of the molecule is CC(C)C1Cc2ccccc2N1C(=O)OCc1ccccc1. The second-order valence-electron chi connectivity index (χ2n) is 6.05. The normalized spacial score (nSPS) is 16.7. The summed E-state index contributed by atoms with van der Waals surface area (Å²) in [5.41, 5.74) is 3.21. The Kier molecular flexibility index (Phi) is 4.14. The van der Waals surface area contributed by atoms with Gasteiger partial charge in [0, 0.05) is 6.04 Å². The van der Waals surface area contributed by atoms with Gasteiger partial charge in [-0.1, -0.05) is 62.4 Å². The third-order valence-corrected chi connectivity index (χ3v) is 4.18. The van der Waals surface area contributed by atoms with Gasteiger partial charge in [0.05, 0.1) is 5.69 Å². The first-order chi connectivity index (χ1) is 10.7. The molecule has 0 saturated heterocycles. The molecule has 1 aliphatic rings. The predicted octanol–water partition coefficient (Wildman–Crippen LogP) is 4.41. The van der Waals surface area contributed by atoms with Crippen LogP contribution in [0.15, 0.2) is 54.6 Å². The quantitative estimate of drug-likeness (QED) is 0.839. The highest BCUT2D eigenvalue weighted by atomic mass is 16.6. The van der Waals surface area contributed by atoms with Gasteiger partial charge in [-0.25, -0.2) is 4.79 Å². The molecule has 2 aromatic carbocycles. The molecule has 22 heavy (non-hydrogen) atoms. The lowest BCUT2D eigenvalue weighted by Gasteiger charge is -2.27. The van der Waals surface area contributed by atoms with Crippen LogP contribution in [0.5, 0.6) is 0 Å². The van der Waals surface area contributed by atoms with E-state index in [2.05, 4.69) is 19.9 Å². The Morgan fingerprint density at radius 2 is 1.82 bits per heavy atom. The molecule has 1 heterocycles. The minimum Gasteiger partial charge on any atom is -0.444 e. The average molecular weight is 295 g/mol. The first kappa shape index (κ1) is 14.6. The van der Waals surface area contributed by atoms with E-state index in [1.54, 1.807) is 0 Å². The van der Waals surface area contributed by atoms with Crippen molar-refractivity contribution in [2.24, 2.45) is 5.92 Å². The Bertz CT molecular complexity index is 651. The molecule has 0 aromatic heterocycles. The lowest BCUT2D eigenvalue weighted by Crippen LogP contribution is -2.41. The molecule has 0 aliphatic carbocycles. The summed E-state index contributed by atoms with van der Waals surface area (Å²) in [6.07, 6.45) is 0.640. The van der Waals surface area contributed by atoms with Gasteiger partial charge in [0.25, 0.3) is 0 Å². The van der Waals surface area contributed by atoms with Crippen molar-refractivity contribution in [3.8, 4) is 0 Å². The van der Waals surface area contributed by atoms with Crippen molar-refractivity contribution >= 4 is 11.8 Å². The number of carbonyl (C=O) groups is 1. The molecular formula is C19H21NO2. The zero-order chi connectivity index (χ0) is 15.5. The van der Waals surface area contributed by atoms with E-state index in [1.807, 2.05) is 53.4 Å². The molecule has 3 heteroatoms. The summed E-state index contributed by atoms with van der Waals surface area (Å²) in [5.74, 6) is 0.386. The molecule has 0 N–H and O–H groups in total. The van der Waals surface area contributed by atoms with Gasteiger partial charge < -0.3 is 4.74 Å². The fraction of sp³-hybridized carbons (Fsp3) is 0.316. The predicted molar refractivity (Wildman–Crippen MR) is 87.9 cm³/mol. The molecule has 2 aromatic rings. The zero-order valence-electron chi connectivity index (χ0n) is 13.0. The summed E-state index contributed by atoms with van der Waals surface area (Å²) in [6, 6.07) is 18.0. The molecule has 0 spiro atoms. The van der Waals surface area contributed by atoms with E-state index < -0.39 is 0 Å². The first-order valence-electron chi connectivity index (χ1n) is 7.74. The monoisotopic (exact) mass is 295 g/mol. The fourth-order valence-corrected chi connectivity index (χ4v) is 2.97. The number of benzene rings is 2. The maximum absolute atomic E-state index is 12.6. The minimum atomic E-state index is -0.257. The second-order valence-corrected chi connectivity index (χ2v) is 6.05. The average Bonchev–Trinajstić information content (AvgIpc) is 2.93. The maximum Gasteiger partial charge on any atom is 0.414 e. The third-order valence-electron chi connectivity index (χ3n) is 4.18. The van der Waals surface area contributed by atoms with Crippen LogP contribution in [0.25, 0.3) is 0 Å². The van der Waals surface area contributed by atoms with Crippen molar-refractivity contribution in [1.29, 1.82) is 0 Å². The first-order valence-corrected chi connectivity index (χ1v) is 7.74. The molecule has 1 atom stereocenters. The summed E-state index contributed by atoms with van der Waals surface area (Å²) in [7, 11) is 0. The van der Waals surface area contributed by atoms with Crippen molar-refractivity contribution in [2.75, 3.05) is 4.90 Å². The molecule has 0 radical (unpaired) electrons. The lowest BCUT2D eigenvalue weighted by atomic mass is 10.0. The van der Waals surface area contributed by atoms with Gasteiger partial charge in [0.15, 0.2) is 0 Å². The number of hydrogen-bond acceptors (Lipinski definition) is 2. The van der Waals surface area contributed by atoms with Crippen molar-refractivity contribution in [1.82, 2.24) is 0 Å². The van der Waals surface area contributed by atoms with Crippen molar-refractivity contribution < 1.29 is 9.53 Å². The van der Waals surface area contributed by atoms with Crippen molar-refractivity contribution in [3.63, 3.8) is 0 Å². The van der Waals surface area contributed by atoms with Crippen LogP contribution in [0.2, 0.25) is 0 Å². The summed E-state index contributed by atoms with van der Waals surface area (Å²) in [4.78, 5) is 14.4. The number of para-hydroxylation sites is 1. The molecule has 1 unspecified atom stereocenters.